The van der Waals surface area contributed by atoms with Crippen molar-refractivity contribution < 1.29 is 9.59 Å². The van der Waals surface area contributed by atoms with E-state index in [0.717, 1.165) is 16.7 Å². The molecule has 0 bridgehead atoms. The zero-order chi connectivity index (χ0) is 13.7. The highest BCUT2D eigenvalue weighted by atomic mass is 16.1. The van der Waals surface area contributed by atoms with Gasteiger partial charge >= 0.3 is 0 Å². The van der Waals surface area contributed by atoms with Gasteiger partial charge in [-0.25, -0.2) is 9.59 Å². The van der Waals surface area contributed by atoms with Gasteiger partial charge in [-0.1, -0.05) is 18.2 Å². The summed E-state index contributed by atoms with van der Waals surface area (Å²) in [6.07, 6.45) is 3.02. The van der Waals surface area contributed by atoms with Gasteiger partial charge in [0, 0.05) is 0 Å². The molecule has 0 heterocycles. The fourth-order valence-electron chi connectivity index (χ4n) is 1.81. The lowest BCUT2D eigenvalue weighted by Gasteiger charge is -2.06. The van der Waals surface area contributed by atoms with E-state index in [4.69, 9.17) is 0 Å². The predicted molar refractivity (Wildman–Crippen MR) is 72.2 cm³/mol. The Morgan fingerprint density at radius 2 is 1.42 bits per heavy atom. The van der Waals surface area contributed by atoms with Crippen LogP contribution in [0.3, 0.4) is 0 Å². The summed E-state index contributed by atoms with van der Waals surface area (Å²) in [5.41, 5.74) is 4.11. The maximum atomic E-state index is 10.3. The highest BCUT2D eigenvalue weighted by molar-refractivity contribution is 5.72. The third-order valence-electron chi connectivity index (χ3n) is 2.75. The van der Waals surface area contributed by atoms with E-state index in [1.807, 2.05) is 31.2 Å². The van der Waals surface area contributed by atoms with Gasteiger partial charge in [-0.2, -0.15) is 9.98 Å². The second-order valence-corrected chi connectivity index (χ2v) is 3.95. The lowest BCUT2D eigenvalue weighted by atomic mass is 10.00. The number of carbonyl (C=O) groups excluding carboxylic acids is 2. The summed E-state index contributed by atoms with van der Waals surface area (Å²) < 4.78 is 0. The Morgan fingerprint density at radius 3 is 2.05 bits per heavy atom. The Labute approximate surface area is 110 Å². The summed E-state index contributed by atoms with van der Waals surface area (Å²) in [5, 5.41) is 0. The van der Waals surface area contributed by atoms with Crippen LogP contribution in [0.25, 0.3) is 11.1 Å². The zero-order valence-electron chi connectivity index (χ0n) is 10.3. The first-order valence-corrected chi connectivity index (χ1v) is 5.61. The molecule has 0 spiro atoms. The quantitative estimate of drug-likeness (QED) is 0.617. The van der Waals surface area contributed by atoms with Crippen LogP contribution in [0, 0.1) is 6.92 Å². The molecule has 2 rings (SSSR count). The molecule has 0 aliphatic carbocycles. The second kappa shape index (κ2) is 5.69. The number of aryl methyl sites for hydroxylation is 1. The summed E-state index contributed by atoms with van der Waals surface area (Å²) >= 11 is 0. The third-order valence-corrected chi connectivity index (χ3v) is 2.75. The van der Waals surface area contributed by atoms with Crippen LogP contribution in [0.15, 0.2) is 52.4 Å². The Morgan fingerprint density at radius 1 is 0.842 bits per heavy atom. The fraction of sp³-hybridized carbons (Fsp3) is 0.0667. The molecule has 0 fully saturated rings. The van der Waals surface area contributed by atoms with Crippen molar-refractivity contribution in [2.45, 2.75) is 6.92 Å². The number of isocyanates is 2. The molecule has 0 aromatic heterocycles. The van der Waals surface area contributed by atoms with Crippen LogP contribution in [-0.4, -0.2) is 12.2 Å². The molecule has 0 N–H and O–H groups in total. The lowest BCUT2D eigenvalue weighted by Crippen LogP contribution is -1.82. The molecule has 0 saturated carbocycles. The second-order valence-electron chi connectivity index (χ2n) is 3.95. The summed E-state index contributed by atoms with van der Waals surface area (Å²) in [7, 11) is 0. The Kier molecular flexibility index (Phi) is 3.79. The first-order valence-electron chi connectivity index (χ1n) is 5.61. The first-order chi connectivity index (χ1) is 9.24. The standard InChI is InChI=1S/C15H10N2O2/c1-11-2-5-14(17-10-19)8-15(11)12-3-6-13(7-4-12)16-9-18/h2-8H,1H3. The highest BCUT2D eigenvalue weighted by Gasteiger charge is 2.03. The van der Waals surface area contributed by atoms with Crippen molar-refractivity contribution in [3.63, 3.8) is 0 Å². The highest BCUT2D eigenvalue weighted by Crippen LogP contribution is 2.29. The van der Waals surface area contributed by atoms with E-state index in [1.165, 1.54) is 12.2 Å². The fourth-order valence-corrected chi connectivity index (χ4v) is 1.81. The van der Waals surface area contributed by atoms with Gasteiger partial charge in [0.05, 0.1) is 11.4 Å². The van der Waals surface area contributed by atoms with Gasteiger partial charge in [0.15, 0.2) is 0 Å². The molecule has 0 amide bonds. The van der Waals surface area contributed by atoms with Gasteiger partial charge in [0.25, 0.3) is 0 Å². The number of nitrogens with zero attached hydrogens (tertiary/aromatic N) is 2. The lowest BCUT2D eigenvalue weighted by molar-refractivity contribution is 0.564. The van der Waals surface area contributed by atoms with E-state index in [-0.39, 0.29) is 0 Å². The number of benzene rings is 2. The minimum Gasteiger partial charge on any atom is -0.211 e. The van der Waals surface area contributed by atoms with E-state index >= 15 is 0 Å². The van der Waals surface area contributed by atoms with Gasteiger partial charge < -0.3 is 0 Å². The van der Waals surface area contributed by atoms with E-state index in [0.29, 0.717) is 11.4 Å². The molecule has 4 nitrogen and oxygen atoms in total. The molecule has 0 aliphatic rings. The number of aliphatic imine (C=N–C) groups is 2. The Balaban J connectivity index is 2.48. The topological polar surface area (TPSA) is 58.9 Å². The van der Waals surface area contributed by atoms with Crippen molar-refractivity contribution in [2.24, 2.45) is 9.98 Å². The zero-order valence-corrected chi connectivity index (χ0v) is 10.3. The van der Waals surface area contributed by atoms with Crippen LogP contribution < -0.4 is 0 Å². The van der Waals surface area contributed by atoms with Crippen molar-refractivity contribution in [3.05, 3.63) is 48.0 Å². The molecular weight excluding hydrogens is 240 g/mol. The largest absolute Gasteiger partial charge is 0.240 e. The molecule has 0 unspecified atom stereocenters. The van der Waals surface area contributed by atoms with Crippen molar-refractivity contribution in [2.75, 3.05) is 0 Å². The maximum Gasteiger partial charge on any atom is 0.240 e. The van der Waals surface area contributed by atoms with E-state index < -0.39 is 0 Å². The number of rotatable bonds is 3. The van der Waals surface area contributed by atoms with Crippen LogP contribution in [0.1, 0.15) is 5.56 Å². The summed E-state index contributed by atoms with van der Waals surface area (Å²) in [6, 6.07) is 12.6. The van der Waals surface area contributed by atoms with Crippen LogP contribution in [0.2, 0.25) is 0 Å². The molecule has 0 radical (unpaired) electrons. The van der Waals surface area contributed by atoms with Crippen LogP contribution in [0.4, 0.5) is 11.4 Å². The summed E-state index contributed by atoms with van der Waals surface area (Å²) in [4.78, 5) is 27.6. The minimum absolute atomic E-state index is 0.554. The van der Waals surface area contributed by atoms with Crippen LogP contribution in [-0.2, 0) is 9.59 Å². The van der Waals surface area contributed by atoms with Gasteiger partial charge in [-0.05, 0) is 47.9 Å². The molecule has 0 saturated heterocycles. The number of hydrogen-bond donors (Lipinski definition) is 0. The molecule has 19 heavy (non-hydrogen) atoms. The SMILES string of the molecule is Cc1ccc(N=C=O)cc1-c1ccc(N=C=O)cc1. The summed E-state index contributed by atoms with van der Waals surface area (Å²) in [5.74, 6) is 0. The minimum atomic E-state index is 0.554. The van der Waals surface area contributed by atoms with Crippen LogP contribution in [0.5, 0.6) is 0 Å². The van der Waals surface area contributed by atoms with Crippen molar-refractivity contribution in [1.82, 2.24) is 0 Å². The van der Waals surface area contributed by atoms with Crippen molar-refractivity contribution in [1.29, 1.82) is 0 Å². The molecule has 0 atom stereocenters. The number of hydrogen-bond acceptors (Lipinski definition) is 4. The average molecular weight is 250 g/mol. The van der Waals surface area contributed by atoms with Gasteiger partial charge in [0.2, 0.25) is 12.2 Å². The van der Waals surface area contributed by atoms with Crippen molar-refractivity contribution >= 4 is 23.5 Å². The van der Waals surface area contributed by atoms with Crippen molar-refractivity contribution in [3.8, 4) is 11.1 Å². The molecule has 2 aromatic carbocycles. The predicted octanol–water partition coefficient (Wildman–Crippen LogP) is 3.60. The average Bonchev–Trinajstić information content (AvgIpc) is 2.43. The monoisotopic (exact) mass is 250 g/mol. The van der Waals surface area contributed by atoms with Gasteiger partial charge in [-0.3, -0.25) is 0 Å². The van der Waals surface area contributed by atoms with Gasteiger partial charge in [0.1, 0.15) is 0 Å². The summed E-state index contributed by atoms with van der Waals surface area (Å²) in [6.45, 7) is 1.97. The molecule has 0 aliphatic heterocycles. The van der Waals surface area contributed by atoms with Crippen LogP contribution >= 0.6 is 0 Å². The van der Waals surface area contributed by atoms with E-state index in [2.05, 4.69) is 9.98 Å². The molecular formula is C15H10N2O2. The van der Waals surface area contributed by atoms with E-state index in [9.17, 15) is 9.59 Å². The van der Waals surface area contributed by atoms with Gasteiger partial charge in [-0.15, -0.1) is 0 Å². The molecule has 92 valence electrons. The first kappa shape index (κ1) is 12.7. The normalized spacial score (nSPS) is 9.32. The third kappa shape index (κ3) is 2.90. The van der Waals surface area contributed by atoms with E-state index in [1.54, 1.807) is 18.2 Å². The maximum absolute atomic E-state index is 10.3. The Bertz CT molecular complexity index is 693. The molecule has 4 heteroatoms. The smallest absolute Gasteiger partial charge is 0.211 e. The molecule has 2 aromatic rings. The Hall–Kier alpha value is -2.80.